The van der Waals surface area contributed by atoms with Gasteiger partial charge in [-0.1, -0.05) is 12.1 Å². The molecule has 4 heterocycles. The van der Waals surface area contributed by atoms with Gasteiger partial charge in [-0.2, -0.15) is 5.10 Å². The lowest BCUT2D eigenvalue weighted by Crippen LogP contribution is -2.37. The quantitative estimate of drug-likeness (QED) is 0.226. The predicted octanol–water partition coefficient (Wildman–Crippen LogP) is 2.80. The maximum absolute atomic E-state index is 4.66. The third-order valence-corrected chi connectivity index (χ3v) is 4.60. The number of fused-ring (bicyclic) bond motifs is 1. The van der Waals surface area contributed by atoms with Gasteiger partial charge in [0.2, 0.25) is 0 Å². The van der Waals surface area contributed by atoms with Crippen molar-refractivity contribution < 1.29 is 0 Å². The maximum Gasteiger partial charge on any atom is 0.191 e. The van der Waals surface area contributed by atoms with E-state index in [-0.39, 0.29) is 24.0 Å². The van der Waals surface area contributed by atoms with Gasteiger partial charge in [-0.15, -0.1) is 34.2 Å². The average molecular weight is 531 g/mol. The van der Waals surface area contributed by atoms with E-state index in [4.69, 9.17) is 0 Å². The van der Waals surface area contributed by atoms with Crippen LogP contribution in [0.3, 0.4) is 0 Å². The average Bonchev–Trinajstić information content (AvgIpc) is 3.33. The second-order valence-electron chi connectivity index (χ2n) is 6.96. The number of guanidine groups is 1. The first kappa shape index (κ1) is 22.7. The second-order valence-corrected chi connectivity index (χ2v) is 6.96. The summed E-state index contributed by atoms with van der Waals surface area (Å²) in [7, 11) is 0. The van der Waals surface area contributed by atoms with Crippen LogP contribution >= 0.6 is 24.0 Å². The third kappa shape index (κ3) is 5.37. The molecule has 0 saturated carbocycles. The van der Waals surface area contributed by atoms with Crippen molar-refractivity contribution in [3.05, 3.63) is 71.6 Å². The fraction of sp³-hybridized carbons (Fsp3) is 0.286. The third-order valence-electron chi connectivity index (χ3n) is 4.60. The van der Waals surface area contributed by atoms with Crippen LogP contribution in [0.1, 0.15) is 29.7 Å². The van der Waals surface area contributed by atoms with Crippen molar-refractivity contribution in [3.63, 3.8) is 0 Å². The molecule has 0 aromatic carbocycles. The van der Waals surface area contributed by atoms with Gasteiger partial charge in [0, 0.05) is 24.6 Å². The van der Waals surface area contributed by atoms with Gasteiger partial charge >= 0.3 is 0 Å². The first-order valence-electron chi connectivity index (χ1n) is 9.93. The van der Waals surface area contributed by atoms with E-state index in [0.717, 1.165) is 40.8 Å². The van der Waals surface area contributed by atoms with E-state index < -0.39 is 0 Å². The lowest BCUT2D eigenvalue weighted by atomic mass is 10.3. The van der Waals surface area contributed by atoms with Crippen LogP contribution in [0.5, 0.6) is 0 Å². The normalized spacial score (nSPS) is 11.4. The Labute approximate surface area is 198 Å². The van der Waals surface area contributed by atoms with Crippen molar-refractivity contribution in [2.75, 3.05) is 6.54 Å². The molecule has 0 aliphatic rings. The smallest absolute Gasteiger partial charge is 0.191 e. The molecule has 2 N–H and O–H groups in total. The summed E-state index contributed by atoms with van der Waals surface area (Å²) in [6.07, 6.45) is 3.79. The van der Waals surface area contributed by atoms with Crippen LogP contribution in [0, 0.1) is 13.8 Å². The van der Waals surface area contributed by atoms with Crippen molar-refractivity contribution in [3.8, 4) is 5.82 Å². The number of aromatic nitrogens is 6. The molecule has 31 heavy (non-hydrogen) atoms. The molecule has 0 atom stereocenters. The minimum Gasteiger partial charge on any atom is -0.357 e. The first-order valence-corrected chi connectivity index (χ1v) is 9.93. The highest BCUT2D eigenvalue weighted by molar-refractivity contribution is 14.0. The maximum atomic E-state index is 4.66. The standard InChI is InChI=1S/C21H25N9.HI/c1-4-22-21(25-14-20-27-26-19-7-5-6-10-29(19)20)24-13-17-8-9-18(23-12-17)30-16(3)11-15(2)28-30;/h5-12H,4,13-14H2,1-3H3,(H2,22,24,25);1H. The Kier molecular flexibility index (Phi) is 7.55. The van der Waals surface area contributed by atoms with Crippen LogP contribution in [0.2, 0.25) is 0 Å². The zero-order valence-electron chi connectivity index (χ0n) is 17.8. The highest BCUT2D eigenvalue weighted by Crippen LogP contribution is 2.11. The van der Waals surface area contributed by atoms with Gasteiger partial charge in [0.05, 0.1) is 18.8 Å². The predicted molar refractivity (Wildman–Crippen MR) is 131 cm³/mol. The molecule has 162 valence electrons. The van der Waals surface area contributed by atoms with Gasteiger partial charge in [-0.05, 0) is 50.6 Å². The van der Waals surface area contributed by atoms with E-state index >= 15 is 0 Å². The van der Waals surface area contributed by atoms with Crippen LogP contribution in [0.4, 0.5) is 0 Å². The topological polar surface area (TPSA) is 97.3 Å². The zero-order valence-corrected chi connectivity index (χ0v) is 20.1. The highest BCUT2D eigenvalue weighted by atomic mass is 127. The van der Waals surface area contributed by atoms with Gasteiger partial charge in [-0.3, -0.25) is 4.40 Å². The highest BCUT2D eigenvalue weighted by Gasteiger charge is 2.07. The van der Waals surface area contributed by atoms with Crippen molar-refractivity contribution in [2.24, 2.45) is 4.99 Å². The second kappa shape index (κ2) is 10.3. The van der Waals surface area contributed by atoms with Gasteiger partial charge in [0.1, 0.15) is 0 Å². The summed E-state index contributed by atoms with van der Waals surface area (Å²) in [5.41, 5.74) is 3.88. The molecule has 0 aliphatic carbocycles. The van der Waals surface area contributed by atoms with Crippen molar-refractivity contribution >= 4 is 35.6 Å². The van der Waals surface area contributed by atoms with E-state index in [9.17, 15) is 0 Å². The summed E-state index contributed by atoms with van der Waals surface area (Å²) >= 11 is 0. The van der Waals surface area contributed by atoms with Crippen molar-refractivity contribution in [1.82, 2.24) is 40.0 Å². The Morgan fingerprint density at radius 3 is 2.68 bits per heavy atom. The van der Waals surface area contributed by atoms with E-state index in [1.165, 1.54) is 0 Å². The summed E-state index contributed by atoms with van der Waals surface area (Å²) in [5.74, 6) is 2.34. The molecular formula is C21H26IN9. The molecule has 0 spiro atoms. The zero-order chi connectivity index (χ0) is 20.9. The van der Waals surface area contributed by atoms with E-state index in [0.29, 0.717) is 19.0 Å². The van der Waals surface area contributed by atoms with Crippen molar-refractivity contribution in [2.45, 2.75) is 33.9 Å². The molecule has 4 rings (SSSR count). The number of pyridine rings is 2. The molecule has 9 nitrogen and oxygen atoms in total. The van der Waals surface area contributed by atoms with Crippen LogP contribution in [0.15, 0.2) is 53.8 Å². The van der Waals surface area contributed by atoms with Gasteiger partial charge < -0.3 is 10.6 Å². The van der Waals surface area contributed by atoms with Crippen LogP contribution in [-0.4, -0.2) is 41.9 Å². The molecule has 0 aliphatic heterocycles. The minimum atomic E-state index is 0. The molecule has 0 amide bonds. The van der Waals surface area contributed by atoms with Gasteiger partial charge in [0.25, 0.3) is 0 Å². The number of nitrogens with zero attached hydrogens (tertiary/aromatic N) is 7. The largest absolute Gasteiger partial charge is 0.357 e. The van der Waals surface area contributed by atoms with Crippen molar-refractivity contribution in [1.29, 1.82) is 0 Å². The number of hydrogen-bond donors (Lipinski definition) is 2. The van der Waals surface area contributed by atoms with E-state index in [1.54, 1.807) is 0 Å². The molecule has 0 bridgehead atoms. The molecule has 10 heteroatoms. The van der Waals surface area contributed by atoms with E-state index in [1.807, 2.05) is 78.6 Å². The molecule has 0 saturated heterocycles. The Balaban J connectivity index is 0.00000272. The number of aliphatic imine (C=N–C) groups is 1. The number of halogens is 1. The molecule has 4 aromatic heterocycles. The molecule has 0 radical (unpaired) electrons. The lowest BCUT2D eigenvalue weighted by Gasteiger charge is -2.10. The fourth-order valence-corrected chi connectivity index (χ4v) is 3.18. The Bertz CT molecular complexity index is 1160. The lowest BCUT2D eigenvalue weighted by molar-refractivity contribution is 0.764. The SMILES string of the molecule is CCNC(=NCc1ccc(-n2nc(C)cc2C)nc1)NCc1nnc2ccccn12.I. The summed E-state index contributed by atoms with van der Waals surface area (Å²) in [6.45, 7) is 7.83. The molecule has 0 unspecified atom stereocenters. The van der Waals surface area contributed by atoms with Crippen LogP contribution < -0.4 is 10.6 Å². The van der Waals surface area contributed by atoms with Crippen LogP contribution in [-0.2, 0) is 13.1 Å². The van der Waals surface area contributed by atoms with Gasteiger partial charge in [0.15, 0.2) is 23.2 Å². The van der Waals surface area contributed by atoms with Gasteiger partial charge in [-0.25, -0.2) is 14.7 Å². The molecule has 4 aromatic rings. The van der Waals surface area contributed by atoms with Crippen LogP contribution in [0.25, 0.3) is 11.5 Å². The number of rotatable bonds is 6. The number of nitrogens with one attached hydrogen (secondary N) is 2. The molecule has 0 fully saturated rings. The van der Waals surface area contributed by atoms with E-state index in [2.05, 4.69) is 35.9 Å². The fourth-order valence-electron chi connectivity index (χ4n) is 3.18. The summed E-state index contributed by atoms with van der Waals surface area (Å²) < 4.78 is 3.80. The molecular weight excluding hydrogens is 505 g/mol. The Hall–Kier alpha value is -3.02. The number of hydrogen-bond acceptors (Lipinski definition) is 5. The Morgan fingerprint density at radius 1 is 1.10 bits per heavy atom. The first-order chi connectivity index (χ1) is 14.6. The summed E-state index contributed by atoms with van der Waals surface area (Å²) in [5, 5.41) is 19.5. The minimum absolute atomic E-state index is 0. The monoisotopic (exact) mass is 531 g/mol. The summed E-state index contributed by atoms with van der Waals surface area (Å²) in [4.78, 5) is 9.20. The summed E-state index contributed by atoms with van der Waals surface area (Å²) in [6, 6.07) is 11.9. The number of aryl methyl sites for hydroxylation is 2. The Morgan fingerprint density at radius 2 is 1.97 bits per heavy atom.